The minimum Gasteiger partial charge on any atom is -0.467 e. The number of rotatable bonds is 7. The molecule has 9 nitrogen and oxygen atoms in total. The van der Waals surface area contributed by atoms with Crippen molar-refractivity contribution in [3.63, 3.8) is 0 Å². The van der Waals surface area contributed by atoms with Crippen LogP contribution in [0.15, 0.2) is 17.5 Å². The number of carbonyl (C=O) groups is 3. The SMILES string of the molecule is COC(=O)C1CCCN1C(=O)CN1CCCC(NS(=O)(=O)/C=C/c2ccc(Cl)s2)C1=O. The molecule has 0 radical (unpaired) electrons. The van der Waals surface area contributed by atoms with Gasteiger partial charge in [0.2, 0.25) is 21.8 Å². The van der Waals surface area contributed by atoms with E-state index in [1.165, 1.54) is 34.3 Å². The second-order valence-corrected chi connectivity index (χ2v) is 10.7. The van der Waals surface area contributed by atoms with E-state index in [0.717, 1.165) is 5.41 Å². The molecule has 0 bridgehead atoms. The zero-order valence-electron chi connectivity index (χ0n) is 17.0. The lowest BCUT2D eigenvalue weighted by molar-refractivity contribution is -0.152. The van der Waals surface area contributed by atoms with E-state index >= 15 is 0 Å². The van der Waals surface area contributed by atoms with Gasteiger partial charge in [0, 0.05) is 23.4 Å². The van der Waals surface area contributed by atoms with Gasteiger partial charge in [0.1, 0.15) is 12.1 Å². The molecule has 31 heavy (non-hydrogen) atoms. The van der Waals surface area contributed by atoms with Crippen molar-refractivity contribution in [3.05, 3.63) is 26.8 Å². The average Bonchev–Trinajstić information content (AvgIpc) is 3.38. The summed E-state index contributed by atoms with van der Waals surface area (Å²) in [4.78, 5) is 40.8. The number of hydrogen-bond acceptors (Lipinski definition) is 7. The zero-order chi connectivity index (χ0) is 22.6. The third-order valence-electron chi connectivity index (χ3n) is 5.22. The maximum Gasteiger partial charge on any atom is 0.328 e. The second-order valence-electron chi connectivity index (χ2n) is 7.33. The van der Waals surface area contributed by atoms with Crippen LogP contribution in [-0.2, 0) is 29.1 Å². The van der Waals surface area contributed by atoms with E-state index in [1.807, 2.05) is 0 Å². The summed E-state index contributed by atoms with van der Waals surface area (Å²) < 4.78 is 32.5. The van der Waals surface area contributed by atoms with Gasteiger partial charge in [0.15, 0.2) is 0 Å². The van der Waals surface area contributed by atoms with Gasteiger partial charge in [-0.15, -0.1) is 11.3 Å². The molecular formula is C19H24ClN3O6S2. The van der Waals surface area contributed by atoms with Crippen LogP contribution in [0.5, 0.6) is 0 Å². The minimum atomic E-state index is -3.87. The highest BCUT2D eigenvalue weighted by molar-refractivity contribution is 7.92. The highest BCUT2D eigenvalue weighted by Gasteiger charge is 2.38. The summed E-state index contributed by atoms with van der Waals surface area (Å²) in [5.41, 5.74) is 0. The summed E-state index contributed by atoms with van der Waals surface area (Å²) >= 11 is 7.07. The largest absolute Gasteiger partial charge is 0.467 e. The molecule has 170 valence electrons. The van der Waals surface area contributed by atoms with Crippen molar-refractivity contribution in [2.45, 2.75) is 37.8 Å². The van der Waals surface area contributed by atoms with Crippen molar-refractivity contribution in [2.75, 3.05) is 26.7 Å². The molecule has 0 aromatic carbocycles. The van der Waals surface area contributed by atoms with Crippen LogP contribution in [0, 0.1) is 0 Å². The predicted molar refractivity (Wildman–Crippen MR) is 117 cm³/mol. The summed E-state index contributed by atoms with van der Waals surface area (Å²) in [5.74, 6) is -1.27. The van der Waals surface area contributed by atoms with Gasteiger partial charge in [0.25, 0.3) is 0 Å². The van der Waals surface area contributed by atoms with E-state index in [9.17, 15) is 22.8 Å². The van der Waals surface area contributed by atoms with Crippen LogP contribution in [0.4, 0.5) is 0 Å². The molecule has 0 saturated carbocycles. The van der Waals surface area contributed by atoms with Crippen LogP contribution in [0.2, 0.25) is 4.34 Å². The first-order valence-electron chi connectivity index (χ1n) is 9.82. The topological polar surface area (TPSA) is 113 Å². The monoisotopic (exact) mass is 489 g/mol. The number of carbonyl (C=O) groups excluding carboxylic acids is 3. The third-order valence-corrected chi connectivity index (χ3v) is 7.52. The molecule has 2 unspecified atom stereocenters. The Labute approximate surface area is 190 Å². The Bertz CT molecular complexity index is 977. The Morgan fingerprint density at radius 3 is 2.71 bits per heavy atom. The van der Waals surface area contributed by atoms with Crippen molar-refractivity contribution in [2.24, 2.45) is 0 Å². The number of piperidine rings is 1. The molecule has 1 N–H and O–H groups in total. The standard InChI is InChI=1S/C19H24ClN3O6S2/c1-29-19(26)15-5-3-10-23(15)17(24)12-22-9-2-4-14(18(22)25)21-31(27,28)11-8-13-6-7-16(20)30-13/h6-8,11,14-15,21H,2-5,9-10,12H2,1H3/b11-8+. The number of esters is 1. The number of likely N-dealkylation sites (tertiary alicyclic amines) is 2. The Morgan fingerprint density at radius 1 is 1.29 bits per heavy atom. The highest BCUT2D eigenvalue weighted by atomic mass is 35.5. The number of ether oxygens (including phenoxy) is 1. The summed E-state index contributed by atoms with van der Waals surface area (Å²) in [5, 5.41) is 0.998. The van der Waals surface area contributed by atoms with Gasteiger partial charge in [-0.25, -0.2) is 13.2 Å². The summed E-state index contributed by atoms with van der Waals surface area (Å²) in [7, 11) is -2.59. The van der Waals surface area contributed by atoms with Crippen LogP contribution < -0.4 is 4.72 Å². The van der Waals surface area contributed by atoms with Crippen molar-refractivity contribution in [1.82, 2.24) is 14.5 Å². The fraction of sp³-hybridized carbons (Fsp3) is 0.526. The van der Waals surface area contributed by atoms with Crippen molar-refractivity contribution < 1.29 is 27.5 Å². The molecule has 2 fully saturated rings. The maximum absolute atomic E-state index is 12.8. The number of methoxy groups -OCH3 is 1. The molecule has 2 aliphatic heterocycles. The van der Waals surface area contributed by atoms with E-state index in [2.05, 4.69) is 4.72 Å². The van der Waals surface area contributed by atoms with E-state index in [4.69, 9.17) is 16.3 Å². The number of nitrogens with zero attached hydrogens (tertiary/aromatic N) is 2. The Hall–Kier alpha value is -1.95. The number of thiophene rings is 1. The molecule has 1 aromatic rings. The van der Waals surface area contributed by atoms with E-state index < -0.39 is 34.0 Å². The number of nitrogens with one attached hydrogen (secondary N) is 1. The second kappa shape index (κ2) is 10.1. The smallest absolute Gasteiger partial charge is 0.328 e. The third kappa shape index (κ3) is 6.06. The van der Waals surface area contributed by atoms with Crippen LogP contribution in [0.3, 0.4) is 0 Å². The maximum atomic E-state index is 12.8. The van der Waals surface area contributed by atoms with Crippen molar-refractivity contribution >= 4 is 56.8 Å². The molecule has 1 aromatic heterocycles. The van der Waals surface area contributed by atoms with Gasteiger partial charge in [0.05, 0.1) is 18.0 Å². The fourth-order valence-corrected chi connectivity index (χ4v) is 5.79. The molecule has 2 atom stereocenters. The zero-order valence-corrected chi connectivity index (χ0v) is 19.3. The molecule has 3 heterocycles. The Balaban J connectivity index is 1.61. The van der Waals surface area contributed by atoms with E-state index in [0.29, 0.717) is 48.0 Å². The number of halogens is 1. The summed E-state index contributed by atoms with van der Waals surface area (Å²) in [6.07, 6.45) is 3.51. The predicted octanol–water partition coefficient (Wildman–Crippen LogP) is 1.45. The van der Waals surface area contributed by atoms with Gasteiger partial charge in [-0.05, 0) is 43.9 Å². The molecule has 2 amide bonds. The first kappa shape index (κ1) is 23.7. The fourth-order valence-electron chi connectivity index (χ4n) is 3.72. The lowest BCUT2D eigenvalue weighted by Gasteiger charge is -2.33. The molecule has 12 heteroatoms. The van der Waals surface area contributed by atoms with Crippen LogP contribution in [0.1, 0.15) is 30.6 Å². The molecule has 3 rings (SSSR count). The number of hydrogen-bond donors (Lipinski definition) is 1. The lowest BCUT2D eigenvalue weighted by Crippen LogP contribution is -2.55. The molecule has 0 spiro atoms. The average molecular weight is 490 g/mol. The van der Waals surface area contributed by atoms with E-state index in [1.54, 1.807) is 12.1 Å². The molecule has 0 aliphatic carbocycles. The van der Waals surface area contributed by atoms with Crippen LogP contribution >= 0.6 is 22.9 Å². The van der Waals surface area contributed by atoms with Crippen LogP contribution in [-0.4, -0.2) is 74.8 Å². The Morgan fingerprint density at radius 2 is 2.03 bits per heavy atom. The number of amides is 2. The van der Waals surface area contributed by atoms with Crippen LogP contribution in [0.25, 0.3) is 6.08 Å². The van der Waals surface area contributed by atoms with Gasteiger partial charge >= 0.3 is 5.97 Å². The Kier molecular flexibility index (Phi) is 7.73. The molecule has 2 aliphatic rings. The van der Waals surface area contributed by atoms with Gasteiger partial charge in [-0.3, -0.25) is 9.59 Å². The first-order valence-corrected chi connectivity index (χ1v) is 12.6. The quantitative estimate of drug-likeness (QED) is 0.580. The van der Waals surface area contributed by atoms with Crippen molar-refractivity contribution in [1.29, 1.82) is 0 Å². The first-order chi connectivity index (χ1) is 14.7. The van der Waals surface area contributed by atoms with Gasteiger partial charge in [-0.2, -0.15) is 4.72 Å². The molecule has 2 saturated heterocycles. The van der Waals surface area contributed by atoms with E-state index in [-0.39, 0.29) is 12.5 Å². The lowest BCUT2D eigenvalue weighted by atomic mass is 10.1. The highest BCUT2D eigenvalue weighted by Crippen LogP contribution is 2.23. The minimum absolute atomic E-state index is 0.200. The van der Waals surface area contributed by atoms with Gasteiger partial charge < -0.3 is 14.5 Å². The number of sulfonamides is 1. The normalized spacial score (nSPS) is 22.3. The summed E-state index contributed by atoms with van der Waals surface area (Å²) in [6.45, 7) is 0.575. The van der Waals surface area contributed by atoms with Gasteiger partial charge in [-0.1, -0.05) is 11.6 Å². The summed E-state index contributed by atoms with van der Waals surface area (Å²) in [6, 6.07) is 1.77. The van der Waals surface area contributed by atoms with Crippen molar-refractivity contribution in [3.8, 4) is 0 Å². The molecular weight excluding hydrogens is 466 g/mol.